The van der Waals surface area contributed by atoms with Gasteiger partial charge in [-0.05, 0) is 25.1 Å². The number of benzene rings is 1. The number of aliphatic imine (C=N–C) groups is 1. The Bertz CT molecular complexity index is 656. The summed E-state index contributed by atoms with van der Waals surface area (Å²) in [7, 11) is 1.73. The molecule has 0 bridgehead atoms. The summed E-state index contributed by atoms with van der Waals surface area (Å²) in [5.41, 5.74) is 2.85. The fourth-order valence-electron chi connectivity index (χ4n) is 1.69. The van der Waals surface area contributed by atoms with Crippen molar-refractivity contribution in [1.29, 1.82) is 0 Å². The van der Waals surface area contributed by atoms with Crippen LogP contribution < -0.4 is 0 Å². The lowest BCUT2D eigenvalue weighted by atomic mass is 10.2. The topological polar surface area (TPSA) is 43.1 Å². The molecule has 0 unspecified atom stereocenters. The van der Waals surface area contributed by atoms with E-state index in [2.05, 4.69) is 21.2 Å². The van der Waals surface area contributed by atoms with Crippen LogP contribution in [0.15, 0.2) is 40.9 Å². The summed E-state index contributed by atoms with van der Waals surface area (Å²) in [4.78, 5) is 4.23. The molecule has 2 rings (SSSR count). The zero-order valence-electron chi connectivity index (χ0n) is 10.5. The molecule has 90 valence electrons. The number of fused-ring (bicyclic) bond motifs is 1. The molecular weight excluding hydrogens is 224 g/mol. The number of aromatic nitrogens is 3. The molecule has 1 aromatic carbocycles. The molecule has 0 amide bonds. The molecule has 0 aliphatic heterocycles. The van der Waals surface area contributed by atoms with Crippen LogP contribution in [0.25, 0.3) is 11.0 Å². The standard InChI is InChI=1S/C14H14N4/c1-4-7-11(2)10-14(15-3)18-13-9-6-5-8-12(13)16-17-18/h1,5-6,8-10H,7H2,2-3H3/b11-10+,15-14?. The van der Waals surface area contributed by atoms with Crippen LogP contribution in [0, 0.1) is 12.3 Å². The van der Waals surface area contributed by atoms with E-state index in [1.54, 1.807) is 11.7 Å². The average Bonchev–Trinajstić information content (AvgIpc) is 2.80. The number of terminal acetylenes is 1. The summed E-state index contributed by atoms with van der Waals surface area (Å²) in [5.74, 6) is 3.34. The number of hydrogen-bond donors (Lipinski definition) is 0. The lowest BCUT2D eigenvalue weighted by Gasteiger charge is -2.02. The minimum absolute atomic E-state index is 0.603. The van der Waals surface area contributed by atoms with E-state index in [0.717, 1.165) is 22.4 Å². The number of rotatable bonds is 2. The first kappa shape index (κ1) is 12.1. The fourth-order valence-corrected chi connectivity index (χ4v) is 1.69. The Balaban J connectivity index is 2.47. The number of hydrogen-bond acceptors (Lipinski definition) is 3. The van der Waals surface area contributed by atoms with Crippen LogP contribution in [0.3, 0.4) is 0 Å². The Morgan fingerprint density at radius 3 is 3.00 bits per heavy atom. The molecule has 0 aliphatic rings. The van der Waals surface area contributed by atoms with Gasteiger partial charge in [-0.15, -0.1) is 17.4 Å². The fraction of sp³-hybridized carbons (Fsp3) is 0.214. The number of para-hydroxylation sites is 1. The first-order valence-electron chi connectivity index (χ1n) is 5.64. The lowest BCUT2D eigenvalue weighted by molar-refractivity contribution is 0.861. The highest BCUT2D eigenvalue weighted by molar-refractivity contribution is 5.99. The molecule has 0 atom stereocenters. The molecule has 1 aromatic heterocycles. The van der Waals surface area contributed by atoms with Crippen LogP contribution in [0.4, 0.5) is 0 Å². The summed E-state index contributed by atoms with van der Waals surface area (Å²) in [6, 6.07) is 7.77. The van der Waals surface area contributed by atoms with Crippen molar-refractivity contribution < 1.29 is 0 Å². The molecule has 0 fully saturated rings. The third kappa shape index (κ3) is 2.30. The van der Waals surface area contributed by atoms with Gasteiger partial charge in [0.2, 0.25) is 0 Å². The van der Waals surface area contributed by atoms with Gasteiger partial charge in [-0.3, -0.25) is 4.99 Å². The van der Waals surface area contributed by atoms with E-state index in [-0.39, 0.29) is 0 Å². The Kier molecular flexibility index (Phi) is 3.54. The van der Waals surface area contributed by atoms with E-state index < -0.39 is 0 Å². The third-order valence-electron chi connectivity index (χ3n) is 2.55. The van der Waals surface area contributed by atoms with Gasteiger partial charge in [-0.2, -0.15) is 4.68 Å². The van der Waals surface area contributed by atoms with E-state index in [9.17, 15) is 0 Å². The van der Waals surface area contributed by atoms with Crippen molar-refractivity contribution in [2.45, 2.75) is 13.3 Å². The first-order valence-corrected chi connectivity index (χ1v) is 5.64. The Hall–Kier alpha value is -2.41. The van der Waals surface area contributed by atoms with Crippen molar-refractivity contribution in [2.75, 3.05) is 7.05 Å². The summed E-state index contributed by atoms with van der Waals surface area (Å²) < 4.78 is 1.72. The normalized spacial score (nSPS) is 12.7. The highest BCUT2D eigenvalue weighted by atomic mass is 15.4. The van der Waals surface area contributed by atoms with Gasteiger partial charge in [0.15, 0.2) is 5.84 Å². The van der Waals surface area contributed by atoms with Gasteiger partial charge < -0.3 is 0 Å². The van der Waals surface area contributed by atoms with Gasteiger partial charge in [0.25, 0.3) is 0 Å². The number of allylic oxidation sites excluding steroid dienone is 2. The van der Waals surface area contributed by atoms with Crippen molar-refractivity contribution in [1.82, 2.24) is 15.0 Å². The van der Waals surface area contributed by atoms with Crippen LogP contribution in [0.2, 0.25) is 0 Å². The van der Waals surface area contributed by atoms with Gasteiger partial charge in [-0.1, -0.05) is 22.9 Å². The molecule has 0 N–H and O–H groups in total. The van der Waals surface area contributed by atoms with Crippen molar-refractivity contribution in [3.63, 3.8) is 0 Å². The summed E-state index contributed by atoms with van der Waals surface area (Å²) in [6.07, 6.45) is 7.82. The van der Waals surface area contributed by atoms with Crippen molar-refractivity contribution in [3.8, 4) is 12.3 Å². The molecule has 0 saturated carbocycles. The predicted molar refractivity (Wildman–Crippen MR) is 73.5 cm³/mol. The molecule has 0 radical (unpaired) electrons. The van der Waals surface area contributed by atoms with Crippen LogP contribution in [-0.2, 0) is 0 Å². The van der Waals surface area contributed by atoms with Crippen LogP contribution >= 0.6 is 0 Å². The largest absolute Gasteiger partial charge is 0.270 e. The van der Waals surface area contributed by atoms with Crippen LogP contribution in [0.1, 0.15) is 13.3 Å². The predicted octanol–water partition coefficient (Wildman–Crippen LogP) is 2.28. The smallest absolute Gasteiger partial charge is 0.150 e. The summed E-state index contributed by atoms with van der Waals surface area (Å²) in [5, 5.41) is 8.22. The van der Waals surface area contributed by atoms with Gasteiger partial charge in [-0.25, -0.2) is 0 Å². The van der Waals surface area contributed by atoms with E-state index in [1.165, 1.54) is 0 Å². The second-order valence-corrected chi connectivity index (χ2v) is 3.94. The van der Waals surface area contributed by atoms with Gasteiger partial charge in [0, 0.05) is 13.5 Å². The molecule has 0 saturated heterocycles. The maximum Gasteiger partial charge on any atom is 0.150 e. The quantitative estimate of drug-likeness (QED) is 0.457. The van der Waals surface area contributed by atoms with Gasteiger partial charge in [0.05, 0.1) is 5.52 Å². The monoisotopic (exact) mass is 238 g/mol. The number of nitrogens with zero attached hydrogens (tertiary/aromatic N) is 4. The highest BCUT2D eigenvalue weighted by Gasteiger charge is 2.07. The third-order valence-corrected chi connectivity index (χ3v) is 2.55. The molecule has 1 heterocycles. The molecule has 0 aliphatic carbocycles. The zero-order valence-corrected chi connectivity index (χ0v) is 10.5. The Labute approximate surface area is 106 Å². The maximum absolute atomic E-state index is 5.29. The summed E-state index contributed by atoms with van der Waals surface area (Å²) in [6.45, 7) is 1.98. The van der Waals surface area contributed by atoms with Crippen LogP contribution in [0.5, 0.6) is 0 Å². The van der Waals surface area contributed by atoms with Gasteiger partial charge >= 0.3 is 0 Å². The van der Waals surface area contributed by atoms with E-state index in [4.69, 9.17) is 6.42 Å². The average molecular weight is 238 g/mol. The second kappa shape index (κ2) is 5.28. The van der Waals surface area contributed by atoms with Crippen molar-refractivity contribution >= 4 is 16.9 Å². The molecular formula is C14H14N4. The van der Waals surface area contributed by atoms with E-state index >= 15 is 0 Å². The second-order valence-electron chi connectivity index (χ2n) is 3.94. The zero-order chi connectivity index (χ0) is 13.0. The van der Waals surface area contributed by atoms with E-state index in [0.29, 0.717) is 6.42 Å². The minimum Gasteiger partial charge on any atom is -0.270 e. The molecule has 4 nitrogen and oxygen atoms in total. The molecule has 18 heavy (non-hydrogen) atoms. The summed E-state index contributed by atoms with van der Waals surface area (Å²) >= 11 is 0. The SMILES string of the molecule is C#CC/C(C)=C/C(=NC)n1nnc2ccccc21. The Morgan fingerprint density at radius 1 is 1.50 bits per heavy atom. The van der Waals surface area contributed by atoms with E-state index in [1.807, 2.05) is 37.3 Å². The molecule has 4 heteroatoms. The first-order chi connectivity index (χ1) is 8.76. The lowest BCUT2D eigenvalue weighted by Crippen LogP contribution is -2.11. The minimum atomic E-state index is 0.603. The Morgan fingerprint density at radius 2 is 2.28 bits per heavy atom. The molecule has 0 spiro atoms. The molecule has 2 aromatic rings. The van der Waals surface area contributed by atoms with Crippen molar-refractivity contribution in [3.05, 3.63) is 35.9 Å². The van der Waals surface area contributed by atoms with Gasteiger partial charge in [0.1, 0.15) is 5.52 Å². The highest BCUT2D eigenvalue weighted by Crippen LogP contribution is 2.11. The van der Waals surface area contributed by atoms with Crippen molar-refractivity contribution in [2.24, 2.45) is 4.99 Å². The van der Waals surface area contributed by atoms with Crippen LogP contribution in [-0.4, -0.2) is 27.9 Å². The maximum atomic E-state index is 5.29.